The molecule has 0 saturated carbocycles. The van der Waals surface area contributed by atoms with E-state index in [1.54, 1.807) is 0 Å². The second kappa shape index (κ2) is 12.2. The van der Waals surface area contributed by atoms with Gasteiger partial charge in [-0.2, -0.15) is 0 Å². The van der Waals surface area contributed by atoms with Crippen molar-refractivity contribution in [2.24, 2.45) is 0 Å². The number of rotatable bonds is 13. The number of benzene rings is 2. The number of hydrogen-bond acceptors (Lipinski definition) is 7. The molecule has 8 heteroatoms. The van der Waals surface area contributed by atoms with Crippen molar-refractivity contribution >= 4 is 16.9 Å². The highest BCUT2D eigenvalue weighted by Gasteiger charge is 2.23. The summed E-state index contributed by atoms with van der Waals surface area (Å²) in [6.07, 6.45) is -0.686. The molecule has 3 aromatic rings. The number of nitrogens with zero attached hydrogens (tertiary/aromatic N) is 1. The first kappa shape index (κ1) is 25.9. The van der Waals surface area contributed by atoms with Crippen molar-refractivity contribution in [2.45, 2.75) is 31.6 Å². The molecule has 0 amide bonds. The van der Waals surface area contributed by atoms with E-state index < -0.39 is 18.2 Å². The third-order valence-corrected chi connectivity index (χ3v) is 6.12. The number of carbonyl (C=O) groups is 1. The Hall–Kier alpha value is -3.17. The summed E-state index contributed by atoms with van der Waals surface area (Å²) in [4.78, 5) is 10.9. The van der Waals surface area contributed by atoms with Gasteiger partial charge in [0.25, 0.3) is 0 Å². The van der Waals surface area contributed by atoms with Crippen molar-refractivity contribution < 1.29 is 34.0 Å². The molecule has 0 radical (unpaired) electrons. The van der Waals surface area contributed by atoms with Crippen LogP contribution in [-0.4, -0.2) is 72.6 Å². The number of esters is 1. The Morgan fingerprint density at radius 3 is 2.53 bits per heavy atom. The zero-order valence-corrected chi connectivity index (χ0v) is 20.5. The lowest BCUT2D eigenvalue weighted by Crippen LogP contribution is -2.26. The van der Waals surface area contributed by atoms with Crippen LogP contribution in [0.1, 0.15) is 18.4 Å². The number of aliphatic hydroxyl groups excluding tert-OH is 2. The van der Waals surface area contributed by atoms with Gasteiger partial charge in [0.2, 0.25) is 0 Å². The van der Waals surface area contributed by atoms with Crippen LogP contribution in [0, 0.1) is 0 Å². The number of fused-ring (bicyclic) bond motifs is 5. The maximum Gasteiger partial charge on any atom is 0.330 e. The zero-order valence-electron chi connectivity index (χ0n) is 20.5. The first-order valence-corrected chi connectivity index (χ1v) is 12.1. The normalized spacial score (nSPS) is 16.1. The van der Waals surface area contributed by atoms with Crippen LogP contribution < -0.4 is 4.74 Å². The molecule has 36 heavy (non-hydrogen) atoms. The standard InChI is InChI=1S/C28H33NO7/c1-3-28(32)36-18-22(31)16-34-11-10-33-15-21(30)17-35-23-9-8-20-12-27-25-7-5-4-6-24(25)19(2)14-29(27)26(20)13-23/h3-9,12-13,19,21-22,30-31H,1,10-11,14-18H2,2H3. The smallest absolute Gasteiger partial charge is 0.330 e. The number of aromatic nitrogens is 1. The number of aliphatic hydroxyl groups is 2. The topological polar surface area (TPSA) is 99.4 Å². The first-order chi connectivity index (χ1) is 17.5. The van der Waals surface area contributed by atoms with Crippen molar-refractivity contribution in [2.75, 3.05) is 39.6 Å². The van der Waals surface area contributed by atoms with Crippen LogP contribution in [0.3, 0.4) is 0 Å². The van der Waals surface area contributed by atoms with Crippen molar-refractivity contribution in [3.05, 3.63) is 66.7 Å². The summed E-state index contributed by atoms with van der Waals surface area (Å²) < 4.78 is 23.6. The molecule has 3 atom stereocenters. The Kier molecular flexibility index (Phi) is 8.77. The minimum absolute atomic E-state index is 0.00965. The minimum atomic E-state index is -0.922. The molecule has 1 aliphatic rings. The molecular weight excluding hydrogens is 462 g/mol. The van der Waals surface area contributed by atoms with E-state index in [2.05, 4.69) is 54.5 Å². The van der Waals surface area contributed by atoms with Crippen LogP contribution in [0.25, 0.3) is 22.2 Å². The van der Waals surface area contributed by atoms with Gasteiger partial charge in [0.05, 0.1) is 31.9 Å². The fourth-order valence-corrected chi connectivity index (χ4v) is 4.36. The Morgan fingerprint density at radius 2 is 1.78 bits per heavy atom. The van der Waals surface area contributed by atoms with E-state index in [-0.39, 0.29) is 39.6 Å². The van der Waals surface area contributed by atoms with Gasteiger partial charge in [-0.3, -0.25) is 0 Å². The number of hydrogen-bond donors (Lipinski definition) is 2. The lowest BCUT2D eigenvalue weighted by atomic mass is 9.91. The van der Waals surface area contributed by atoms with E-state index in [1.807, 2.05) is 12.1 Å². The Balaban J connectivity index is 1.21. The summed E-state index contributed by atoms with van der Waals surface area (Å²) in [5.74, 6) is 0.528. The number of ether oxygens (including phenoxy) is 4. The second-order valence-electron chi connectivity index (χ2n) is 8.95. The highest BCUT2D eigenvalue weighted by atomic mass is 16.6. The molecule has 0 bridgehead atoms. The van der Waals surface area contributed by atoms with E-state index in [9.17, 15) is 15.0 Å². The van der Waals surface area contributed by atoms with Gasteiger partial charge < -0.3 is 33.7 Å². The molecule has 2 aromatic carbocycles. The summed E-state index contributed by atoms with van der Waals surface area (Å²) in [7, 11) is 0. The largest absolute Gasteiger partial charge is 0.491 e. The first-order valence-electron chi connectivity index (χ1n) is 12.1. The summed E-state index contributed by atoms with van der Waals surface area (Å²) >= 11 is 0. The predicted molar refractivity (Wildman–Crippen MR) is 136 cm³/mol. The van der Waals surface area contributed by atoms with Gasteiger partial charge in [0.15, 0.2) is 0 Å². The molecule has 1 aliphatic heterocycles. The Morgan fingerprint density at radius 1 is 1.06 bits per heavy atom. The fraction of sp³-hybridized carbons (Fsp3) is 0.393. The van der Waals surface area contributed by atoms with Gasteiger partial charge in [-0.05, 0) is 29.7 Å². The molecule has 3 unspecified atom stereocenters. The van der Waals surface area contributed by atoms with Gasteiger partial charge in [-0.15, -0.1) is 0 Å². The molecule has 1 aromatic heterocycles. The predicted octanol–water partition coefficient (Wildman–Crippen LogP) is 3.29. The molecule has 2 N–H and O–H groups in total. The molecule has 0 saturated heterocycles. The molecular formula is C28H33NO7. The van der Waals surface area contributed by atoms with Crippen molar-refractivity contribution in [1.82, 2.24) is 4.57 Å². The van der Waals surface area contributed by atoms with Crippen molar-refractivity contribution in [3.8, 4) is 17.0 Å². The number of carbonyl (C=O) groups excluding carboxylic acids is 1. The minimum Gasteiger partial charge on any atom is -0.491 e. The van der Waals surface area contributed by atoms with Gasteiger partial charge in [0.1, 0.15) is 31.2 Å². The molecule has 0 fully saturated rings. The van der Waals surface area contributed by atoms with Gasteiger partial charge in [-0.1, -0.05) is 37.8 Å². The fourth-order valence-electron chi connectivity index (χ4n) is 4.36. The third-order valence-electron chi connectivity index (χ3n) is 6.12. The summed E-state index contributed by atoms with van der Waals surface area (Å²) in [6, 6.07) is 16.8. The zero-order chi connectivity index (χ0) is 25.5. The van der Waals surface area contributed by atoms with Gasteiger partial charge >= 0.3 is 5.97 Å². The molecule has 2 heterocycles. The lowest BCUT2D eigenvalue weighted by Gasteiger charge is -2.25. The summed E-state index contributed by atoms with van der Waals surface area (Å²) in [5.41, 5.74) is 4.99. The maximum atomic E-state index is 10.9. The maximum absolute atomic E-state index is 10.9. The molecule has 0 aliphatic carbocycles. The Bertz CT molecular complexity index is 1190. The van der Waals surface area contributed by atoms with Crippen LogP contribution in [0.2, 0.25) is 0 Å². The average Bonchev–Trinajstić information content (AvgIpc) is 3.26. The van der Waals surface area contributed by atoms with E-state index in [0.717, 1.165) is 23.5 Å². The third kappa shape index (κ3) is 6.33. The highest BCUT2D eigenvalue weighted by molar-refractivity contribution is 5.89. The van der Waals surface area contributed by atoms with Crippen LogP contribution in [0.5, 0.6) is 5.75 Å². The van der Waals surface area contributed by atoms with Crippen LogP contribution in [0.15, 0.2) is 61.2 Å². The van der Waals surface area contributed by atoms with Crippen molar-refractivity contribution in [1.29, 1.82) is 0 Å². The lowest BCUT2D eigenvalue weighted by molar-refractivity contribution is -0.142. The van der Waals surface area contributed by atoms with Crippen LogP contribution >= 0.6 is 0 Å². The molecule has 8 nitrogen and oxygen atoms in total. The summed E-state index contributed by atoms with van der Waals surface area (Å²) in [5, 5.41) is 21.0. The van der Waals surface area contributed by atoms with Gasteiger partial charge in [-0.25, -0.2) is 4.79 Å². The van der Waals surface area contributed by atoms with Crippen LogP contribution in [0.4, 0.5) is 0 Å². The Labute approximate surface area is 210 Å². The average molecular weight is 496 g/mol. The van der Waals surface area contributed by atoms with E-state index in [0.29, 0.717) is 11.7 Å². The van der Waals surface area contributed by atoms with Crippen molar-refractivity contribution in [3.63, 3.8) is 0 Å². The van der Waals surface area contributed by atoms with E-state index in [4.69, 9.17) is 18.9 Å². The van der Waals surface area contributed by atoms with Gasteiger partial charge in [0, 0.05) is 35.3 Å². The highest BCUT2D eigenvalue weighted by Crippen LogP contribution is 2.40. The van der Waals surface area contributed by atoms with Crippen LogP contribution in [-0.2, 0) is 25.5 Å². The quantitative estimate of drug-likeness (QED) is 0.213. The molecule has 4 rings (SSSR count). The summed E-state index contributed by atoms with van der Waals surface area (Å²) in [6.45, 7) is 6.97. The molecule has 192 valence electrons. The monoisotopic (exact) mass is 495 g/mol. The second-order valence-corrected chi connectivity index (χ2v) is 8.95. The van der Waals surface area contributed by atoms with E-state index >= 15 is 0 Å². The SMILES string of the molecule is C=CC(=O)OCC(O)COCCOCC(O)COc1ccc2cc3n(c2c1)CC(C)c1ccccc1-3. The molecule has 0 spiro atoms. The van der Waals surface area contributed by atoms with E-state index in [1.165, 1.54) is 16.8 Å².